The third-order valence-corrected chi connectivity index (χ3v) is 12.8. The summed E-state index contributed by atoms with van der Waals surface area (Å²) in [4.78, 5) is 4.72. The van der Waals surface area contributed by atoms with Crippen LogP contribution in [0, 0.1) is 13.8 Å². The van der Waals surface area contributed by atoms with Crippen LogP contribution in [-0.2, 0) is 0 Å². The van der Waals surface area contributed by atoms with Gasteiger partial charge in [0.1, 0.15) is 11.2 Å². The molecule has 0 atom stereocenters. The first kappa shape index (κ1) is 37.7. The first-order valence-corrected chi connectivity index (χ1v) is 21.8. The summed E-state index contributed by atoms with van der Waals surface area (Å²) < 4.78 is 13.6. The molecule has 0 unspecified atom stereocenters. The molecule has 0 aliphatic heterocycles. The zero-order chi connectivity index (χ0) is 42.2. The summed E-state index contributed by atoms with van der Waals surface area (Å²) >= 11 is 0. The largest absolute Gasteiger partial charge is 0.452 e. The van der Waals surface area contributed by atoms with Crippen molar-refractivity contribution < 1.29 is 8.83 Å². The topological polar surface area (TPSA) is 32.8 Å². The Balaban J connectivity index is 1.01. The van der Waals surface area contributed by atoms with E-state index in [1.54, 1.807) is 0 Å². The molecular formula is C58H48N2O2. The van der Waals surface area contributed by atoms with Crippen molar-refractivity contribution in [3.05, 3.63) is 192 Å². The van der Waals surface area contributed by atoms with E-state index in [2.05, 4.69) is 221 Å². The second-order valence-electron chi connectivity index (χ2n) is 17.5. The molecule has 0 amide bonds. The summed E-state index contributed by atoms with van der Waals surface area (Å²) in [5, 5.41) is 8.81. The van der Waals surface area contributed by atoms with E-state index in [0.717, 1.165) is 99.5 Å². The minimum atomic E-state index is 0.469. The van der Waals surface area contributed by atoms with Crippen LogP contribution in [0.2, 0.25) is 0 Å². The van der Waals surface area contributed by atoms with E-state index in [1.807, 2.05) is 0 Å². The number of rotatable bonds is 8. The lowest BCUT2D eigenvalue weighted by molar-refractivity contribution is 0.634. The number of aryl methyl sites for hydroxylation is 2. The first-order chi connectivity index (χ1) is 30.2. The van der Waals surface area contributed by atoms with Gasteiger partial charge in [0.05, 0.1) is 0 Å². The SMILES string of the molecule is Cc1ccccc1N(c1ccc(C(C)C)cc1)c1ccc2cc3c(cc2c1)oc1c3ccc2c3cc4ccc(N(c5ccc(C(C)C)cc5)c5ccccc5C)cc4cc3oc21. The molecular weight excluding hydrogens is 757 g/mol. The van der Waals surface area contributed by atoms with Crippen molar-refractivity contribution >= 4 is 99.5 Å². The summed E-state index contributed by atoms with van der Waals surface area (Å²) in [6.07, 6.45) is 0. The van der Waals surface area contributed by atoms with E-state index in [0.29, 0.717) is 11.8 Å². The molecule has 62 heavy (non-hydrogen) atoms. The van der Waals surface area contributed by atoms with Crippen molar-refractivity contribution in [1.29, 1.82) is 0 Å². The minimum Gasteiger partial charge on any atom is -0.452 e. The second kappa shape index (κ2) is 14.7. The van der Waals surface area contributed by atoms with Gasteiger partial charge in [-0.1, -0.05) is 100 Å². The van der Waals surface area contributed by atoms with Crippen molar-refractivity contribution in [2.75, 3.05) is 9.80 Å². The first-order valence-electron chi connectivity index (χ1n) is 21.8. The Bertz CT molecular complexity index is 3260. The van der Waals surface area contributed by atoms with Gasteiger partial charge < -0.3 is 18.6 Å². The molecule has 2 heterocycles. The molecule has 4 nitrogen and oxygen atoms in total. The van der Waals surface area contributed by atoms with Crippen molar-refractivity contribution in [2.24, 2.45) is 0 Å². The highest BCUT2D eigenvalue weighted by Gasteiger charge is 2.21. The van der Waals surface area contributed by atoms with Crippen LogP contribution in [0.1, 0.15) is 61.8 Å². The number of fused-ring (bicyclic) bond motifs is 9. The normalized spacial score (nSPS) is 12.0. The lowest BCUT2D eigenvalue weighted by atomic mass is 10.0. The van der Waals surface area contributed by atoms with E-state index in [4.69, 9.17) is 8.83 Å². The van der Waals surface area contributed by atoms with Crippen LogP contribution in [0.4, 0.5) is 34.1 Å². The van der Waals surface area contributed by atoms with E-state index >= 15 is 0 Å². The molecule has 2 aromatic heterocycles. The standard InChI is InChI=1S/C58H48N2O2/c1-35(2)39-15-21-45(22-16-39)59(53-13-9-7-11-37(53)5)47-25-19-41-31-51-49-27-28-50-52-32-42-20-26-48(30-44(42)34-56(52)62-58(50)57(49)61-55(51)33-43(41)29-47)60(54-14-10-8-12-38(54)6)46-23-17-40(18-24-46)36(3)4/h7-36H,1-6H3. The van der Waals surface area contributed by atoms with Crippen LogP contribution in [0.15, 0.2) is 179 Å². The summed E-state index contributed by atoms with van der Waals surface area (Å²) in [5.41, 5.74) is 15.1. The molecule has 0 bridgehead atoms. The molecule has 9 aromatic carbocycles. The van der Waals surface area contributed by atoms with Gasteiger partial charge in [0.2, 0.25) is 0 Å². The second-order valence-corrected chi connectivity index (χ2v) is 17.5. The Morgan fingerprint density at radius 3 is 1.13 bits per heavy atom. The predicted molar refractivity (Wildman–Crippen MR) is 263 cm³/mol. The lowest BCUT2D eigenvalue weighted by Gasteiger charge is -2.27. The molecule has 0 saturated heterocycles. The number of hydrogen-bond donors (Lipinski definition) is 0. The molecule has 4 heteroatoms. The minimum absolute atomic E-state index is 0.469. The monoisotopic (exact) mass is 804 g/mol. The third kappa shape index (κ3) is 6.29. The summed E-state index contributed by atoms with van der Waals surface area (Å²) in [6, 6.07) is 61.9. The van der Waals surface area contributed by atoms with Crippen molar-refractivity contribution in [2.45, 2.75) is 53.4 Å². The smallest absolute Gasteiger partial charge is 0.178 e. The van der Waals surface area contributed by atoms with E-state index in [1.165, 1.54) is 22.3 Å². The molecule has 0 saturated carbocycles. The highest BCUT2D eigenvalue weighted by atomic mass is 16.4. The summed E-state index contributed by atoms with van der Waals surface area (Å²) in [7, 11) is 0. The van der Waals surface area contributed by atoms with Gasteiger partial charge in [-0.15, -0.1) is 0 Å². The van der Waals surface area contributed by atoms with Gasteiger partial charge in [0, 0.05) is 55.7 Å². The molecule has 302 valence electrons. The fraction of sp³-hybridized carbons (Fsp3) is 0.138. The maximum atomic E-state index is 6.79. The third-order valence-electron chi connectivity index (χ3n) is 12.8. The number of furan rings is 2. The molecule has 11 rings (SSSR count). The van der Waals surface area contributed by atoms with Gasteiger partial charge in [-0.25, -0.2) is 0 Å². The quantitative estimate of drug-likeness (QED) is 0.153. The van der Waals surface area contributed by atoms with Crippen LogP contribution in [0.25, 0.3) is 65.4 Å². The fourth-order valence-electron chi connectivity index (χ4n) is 9.31. The Labute approximate surface area is 362 Å². The molecule has 0 N–H and O–H groups in total. The lowest BCUT2D eigenvalue weighted by Crippen LogP contribution is -2.11. The molecule has 0 fully saturated rings. The van der Waals surface area contributed by atoms with Crippen LogP contribution >= 0.6 is 0 Å². The average molecular weight is 805 g/mol. The van der Waals surface area contributed by atoms with Crippen LogP contribution in [0.3, 0.4) is 0 Å². The molecule has 11 aromatic rings. The Morgan fingerprint density at radius 2 is 0.742 bits per heavy atom. The van der Waals surface area contributed by atoms with Gasteiger partial charge in [-0.2, -0.15) is 0 Å². The van der Waals surface area contributed by atoms with Crippen LogP contribution in [0.5, 0.6) is 0 Å². The summed E-state index contributed by atoms with van der Waals surface area (Å²) in [6.45, 7) is 13.3. The van der Waals surface area contributed by atoms with Crippen molar-refractivity contribution in [3.8, 4) is 0 Å². The highest BCUT2D eigenvalue weighted by Crippen LogP contribution is 2.44. The zero-order valence-electron chi connectivity index (χ0n) is 36.0. The van der Waals surface area contributed by atoms with Gasteiger partial charge in [0.15, 0.2) is 11.2 Å². The number of nitrogens with zero attached hydrogens (tertiary/aromatic N) is 2. The van der Waals surface area contributed by atoms with Gasteiger partial charge in [-0.05, 0) is 167 Å². The highest BCUT2D eigenvalue weighted by molar-refractivity contribution is 6.21. The van der Waals surface area contributed by atoms with E-state index < -0.39 is 0 Å². The molecule has 0 radical (unpaired) electrons. The summed E-state index contributed by atoms with van der Waals surface area (Å²) in [5.74, 6) is 0.938. The van der Waals surface area contributed by atoms with E-state index in [-0.39, 0.29) is 0 Å². The molecule has 0 aliphatic carbocycles. The van der Waals surface area contributed by atoms with Crippen LogP contribution < -0.4 is 9.80 Å². The maximum absolute atomic E-state index is 6.79. The van der Waals surface area contributed by atoms with Gasteiger partial charge in [-0.3, -0.25) is 0 Å². The number of benzene rings is 9. The van der Waals surface area contributed by atoms with Crippen LogP contribution in [-0.4, -0.2) is 0 Å². The Hall–Kier alpha value is -7.30. The number of anilines is 6. The number of hydrogen-bond acceptors (Lipinski definition) is 4. The maximum Gasteiger partial charge on any atom is 0.178 e. The van der Waals surface area contributed by atoms with Crippen molar-refractivity contribution in [3.63, 3.8) is 0 Å². The number of para-hydroxylation sites is 2. The van der Waals surface area contributed by atoms with E-state index in [9.17, 15) is 0 Å². The van der Waals surface area contributed by atoms with Gasteiger partial charge >= 0.3 is 0 Å². The Kier molecular flexibility index (Phi) is 8.94. The molecule has 0 spiro atoms. The fourth-order valence-corrected chi connectivity index (χ4v) is 9.31. The average Bonchev–Trinajstić information content (AvgIpc) is 3.84. The van der Waals surface area contributed by atoms with Crippen molar-refractivity contribution in [1.82, 2.24) is 0 Å². The zero-order valence-corrected chi connectivity index (χ0v) is 36.0. The predicted octanol–water partition coefficient (Wildman–Crippen LogP) is 17.6. The molecule has 0 aliphatic rings. The Morgan fingerprint density at radius 1 is 0.355 bits per heavy atom. The van der Waals surface area contributed by atoms with Gasteiger partial charge in [0.25, 0.3) is 0 Å².